The Bertz CT molecular complexity index is 505. The van der Waals surface area contributed by atoms with E-state index in [1.165, 1.54) is 16.4 Å². The van der Waals surface area contributed by atoms with Gasteiger partial charge in [-0.15, -0.1) is 0 Å². The van der Waals surface area contributed by atoms with Gasteiger partial charge in [-0.3, -0.25) is 0 Å². The Hall–Kier alpha value is -0.900. The predicted molar refractivity (Wildman–Crippen MR) is 68.8 cm³/mol. The Morgan fingerprint density at radius 1 is 1.35 bits per heavy atom. The molecule has 0 amide bonds. The minimum absolute atomic E-state index is 0.119. The highest BCUT2D eigenvalue weighted by Gasteiger charge is 2.23. The van der Waals surface area contributed by atoms with Crippen LogP contribution in [0.15, 0.2) is 33.6 Å². The number of rotatable bonds is 5. The molecule has 0 unspecified atom stereocenters. The molecule has 0 fully saturated rings. The highest BCUT2D eigenvalue weighted by Crippen LogP contribution is 2.18. The number of nitrogens with zero attached hydrogens (tertiary/aromatic N) is 2. The zero-order valence-corrected chi connectivity index (χ0v) is 11.8. The first-order valence-electron chi connectivity index (χ1n) is 5.15. The lowest BCUT2D eigenvalue weighted by Gasteiger charge is -2.18. The van der Waals surface area contributed by atoms with Crippen molar-refractivity contribution in [2.24, 2.45) is 0 Å². The number of hydrogen-bond acceptors (Lipinski definition) is 3. The summed E-state index contributed by atoms with van der Waals surface area (Å²) in [4.78, 5) is 0.212. The van der Waals surface area contributed by atoms with Gasteiger partial charge in [0.25, 0.3) is 0 Å². The molecule has 0 spiro atoms. The van der Waals surface area contributed by atoms with E-state index in [1.54, 1.807) is 12.1 Å². The Labute approximate surface area is 110 Å². The van der Waals surface area contributed by atoms with Crippen molar-refractivity contribution >= 4 is 26.0 Å². The van der Waals surface area contributed by atoms with Crippen molar-refractivity contribution in [3.63, 3.8) is 0 Å². The quantitative estimate of drug-likeness (QED) is 0.783. The van der Waals surface area contributed by atoms with Crippen molar-refractivity contribution in [2.45, 2.75) is 18.2 Å². The zero-order valence-electron chi connectivity index (χ0n) is 9.43. The molecule has 1 rings (SSSR count). The highest BCUT2D eigenvalue weighted by molar-refractivity contribution is 9.10. The van der Waals surface area contributed by atoms with E-state index >= 15 is 0 Å². The topological polar surface area (TPSA) is 61.2 Å². The number of sulfonamides is 1. The van der Waals surface area contributed by atoms with Gasteiger partial charge in [0.05, 0.1) is 11.0 Å². The Morgan fingerprint density at radius 2 is 1.94 bits per heavy atom. The molecular weight excluding hydrogens is 304 g/mol. The van der Waals surface area contributed by atoms with Crippen molar-refractivity contribution < 1.29 is 8.42 Å². The van der Waals surface area contributed by atoms with Gasteiger partial charge in [-0.05, 0) is 30.7 Å². The predicted octanol–water partition coefficient (Wildman–Crippen LogP) is 2.37. The molecule has 0 aliphatic carbocycles. The van der Waals surface area contributed by atoms with Gasteiger partial charge >= 0.3 is 0 Å². The molecule has 0 atom stereocenters. The van der Waals surface area contributed by atoms with Crippen molar-refractivity contribution in [1.82, 2.24) is 4.31 Å². The average molecular weight is 317 g/mol. The smallest absolute Gasteiger partial charge is 0.207 e. The van der Waals surface area contributed by atoms with E-state index in [9.17, 15) is 8.42 Å². The fourth-order valence-electron chi connectivity index (χ4n) is 1.37. The van der Waals surface area contributed by atoms with E-state index < -0.39 is 10.0 Å². The second-order valence-corrected chi connectivity index (χ2v) is 6.30. The van der Waals surface area contributed by atoms with Crippen molar-refractivity contribution in [3.05, 3.63) is 28.7 Å². The normalized spacial score (nSPS) is 11.4. The molecule has 0 heterocycles. The van der Waals surface area contributed by atoms with Gasteiger partial charge in [0.2, 0.25) is 10.0 Å². The molecule has 6 heteroatoms. The fourth-order valence-corrected chi connectivity index (χ4v) is 3.06. The molecule has 0 aromatic heterocycles. The molecule has 0 radical (unpaired) electrons. The minimum atomic E-state index is -3.55. The summed E-state index contributed by atoms with van der Waals surface area (Å²) < 4.78 is 26.4. The van der Waals surface area contributed by atoms with Crippen LogP contribution >= 0.6 is 15.9 Å². The Kier molecular flexibility index (Phi) is 5.12. The monoisotopic (exact) mass is 316 g/mol. The van der Waals surface area contributed by atoms with Crippen LogP contribution < -0.4 is 0 Å². The van der Waals surface area contributed by atoms with E-state index in [1.807, 2.05) is 13.0 Å². The van der Waals surface area contributed by atoms with E-state index in [0.717, 1.165) is 4.47 Å². The van der Waals surface area contributed by atoms with Crippen LogP contribution in [0.25, 0.3) is 0 Å². The summed E-state index contributed by atoms with van der Waals surface area (Å²) in [6, 6.07) is 8.27. The number of nitriles is 1. The second-order valence-electron chi connectivity index (χ2n) is 3.45. The SMILES string of the molecule is CCCN(CC#N)S(=O)(=O)c1ccc(Br)cc1. The fraction of sp³-hybridized carbons (Fsp3) is 0.364. The van der Waals surface area contributed by atoms with Crippen molar-refractivity contribution in [2.75, 3.05) is 13.1 Å². The zero-order chi connectivity index (χ0) is 12.9. The summed E-state index contributed by atoms with van der Waals surface area (Å²) in [6.07, 6.45) is 0.678. The Morgan fingerprint density at radius 3 is 2.41 bits per heavy atom. The maximum Gasteiger partial charge on any atom is 0.244 e. The molecule has 0 aliphatic rings. The highest BCUT2D eigenvalue weighted by atomic mass is 79.9. The maximum absolute atomic E-state index is 12.2. The first-order chi connectivity index (χ1) is 8.02. The van der Waals surface area contributed by atoms with E-state index in [2.05, 4.69) is 15.9 Å². The van der Waals surface area contributed by atoms with Crippen LogP contribution in [-0.4, -0.2) is 25.8 Å². The summed E-state index contributed by atoms with van der Waals surface area (Å²) in [5, 5.41) is 8.65. The molecule has 0 saturated heterocycles. The van der Waals surface area contributed by atoms with Gasteiger partial charge in [0, 0.05) is 11.0 Å². The van der Waals surface area contributed by atoms with Gasteiger partial charge in [-0.25, -0.2) is 8.42 Å². The van der Waals surface area contributed by atoms with Crippen LogP contribution in [0, 0.1) is 11.3 Å². The second kappa shape index (κ2) is 6.15. The first-order valence-corrected chi connectivity index (χ1v) is 7.38. The van der Waals surface area contributed by atoms with Crippen LogP contribution in [0.2, 0.25) is 0 Å². The number of halogens is 1. The third-order valence-corrected chi connectivity index (χ3v) is 4.56. The molecule has 0 bridgehead atoms. The largest absolute Gasteiger partial charge is 0.244 e. The summed E-state index contributed by atoms with van der Waals surface area (Å²) in [5.74, 6) is 0. The van der Waals surface area contributed by atoms with Crippen LogP contribution in [0.4, 0.5) is 0 Å². The maximum atomic E-state index is 12.2. The first kappa shape index (κ1) is 14.2. The van der Waals surface area contributed by atoms with E-state index in [0.29, 0.717) is 13.0 Å². The summed E-state index contributed by atoms with van der Waals surface area (Å²) in [5.41, 5.74) is 0. The number of hydrogen-bond donors (Lipinski definition) is 0. The van der Waals surface area contributed by atoms with Crippen LogP contribution in [0.3, 0.4) is 0 Å². The van der Waals surface area contributed by atoms with Crippen molar-refractivity contribution in [1.29, 1.82) is 5.26 Å². The third-order valence-electron chi connectivity index (χ3n) is 2.17. The molecule has 17 heavy (non-hydrogen) atoms. The third kappa shape index (κ3) is 3.53. The lowest BCUT2D eigenvalue weighted by molar-refractivity contribution is 0.444. The molecule has 0 N–H and O–H groups in total. The van der Waals surface area contributed by atoms with E-state index in [4.69, 9.17) is 5.26 Å². The molecule has 0 aliphatic heterocycles. The van der Waals surface area contributed by atoms with Gasteiger partial charge in [-0.2, -0.15) is 9.57 Å². The van der Waals surface area contributed by atoms with Gasteiger partial charge in [0.15, 0.2) is 0 Å². The lowest BCUT2D eigenvalue weighted by atomic mass is 10.4. The van der Waals surface area contributed by atoms with Crippen LogP contribution in [0.5, 0.6) is 0 Å². The molecule has 4 nitrogen and oxygen atoms in total. The van der Waals surface area contributed by atoms with Crippen LogP contribution in [0.1, 0.15) is 13.3 Å². The van der Waals surface area contributed by atoms with Crippen LogP contribution in [-0.2, 0) is 10.0 Å². The summed E-state index contributed by atoms with van der Waals surface area (Å²) in [6.45, 7) is 2.11. The Balaban J connectivity index is 3.08. The molecular formula is C11H13BrN2O2S. The number of benzene rings is 1. The molecule has 1 aromatic rings. The van der Waals surface area contributed by atoms with Crippen molar-refractivity contribution in [3.8, 4) is 6.07 Å². The molecule has 1 aromatic carbocycles. The van der Waals surface area contributed by atoms with Gasteiger partial charge in [-0.1, -0.05) is 22.9 Å². The van der Waals surface area contributed by atoms with Gasteiger partial charge in [0.1, 0.15) is 6.54 Å². The lowest BCUT2D eigenvalue weighted by Crippen LogP contribution is -2.32. The van der Waals surface area contributed by atoms with Gasteiger partial charge < -0.3 is 0 Å². The minimum Gasteiger partial charge on any atom is -0.207 e. The summed E-state index contributed by atoms with van der Waals surface area (Å²) >= 11 is 3.25. The summed E-state index contributed by atoms with van der Waals surface area (Å²) in [7, 11) is -3.55. The van der Waals surface area contributed by atoms with E-state index in [-0.39, 0.29) is 11.4 Å². The molecule has 92 valence electrons. The molecule has 0 saturated carbocycles. The average Bonchev–Trinajstić information content (AvgIpc) is 2.29. The standard InChI is InChI=1S/C11H13BrN2O2S/c1-2-8-14(9-7-13)17(15,16)11-5-3-10(12)4-6-11/h3-6H,2,8-9H2,1H3.